The number of thioether (sulfide) groups is 1. The number of carbonyl (C=O) groups excluding carboxylic acids is 1. The lowest BCUT2D eigenvalue weighted by molar-refractivity contribution is -0.140. The first-order valence-corrected chi connectivity index (χ1v) is 10.9. The van der Waals surface area contributed by atoms with Gasteiger partial charge >= 0.3 is 0 Å². The molecule has 1 aromatic carbocycles. The van der Waals surface area contributed by atoms with Crippen LogP contribution in [0.15, 0.2) is 35.9 Å². The Bertz CT molecular complexity index is 688. The monoisotopic (exact) mass is 408 g/mol. The first-order chi connectivity index (χ1) is 13.6. The largest absolute Gasteiger partial charge is 0.494 e. The van der Waals surface area contributed by atoms with Crippen LogP contribution in [0.2, 0.25) is 0 Å². The molecule has 2 atom stereocenters. The van der Waals surface area contributed by atoms with Crippen LogP contribution in [-0.4, -0.2) is 58.4 Å². The van der Waals surface area contributed by atoms with E-state index in [1.165, 1.54) is 5.56 Å². The number of hydroxylamine groups is 1. The average molecular weight is 409 g/mol. The first-order valence-electron chi connectivity index (χ1n) is 9.72. The maximum absolute atomic E-state index is 11.8. The van der Waals surface area contributed by atoms with Crippen molar-refractivity contribution in [3.8, 4) is 5.75 Å². The Hall–Kier alpha value is -1.90. The summed E-state index contributed by atoms with van der Waals surface area (Å²) >= 11 is 1.91. The number of hydrogen-bond donors (Lipinski definition) is 3. The van der Waals surface area contributed by atoms with Gasteiger partial charge < -0.3 is 19.5 Å². The summed E-state index contributed by atoms with van der Waals surface area (Å²) in [6, 6.07) is 7.95. The zero-order valence-corrected chi connectivity index (χ0v) is 16.9. The molecule has 2 aliphatic rings. The van der Waals surface area contributed by atoms with Crippen LogP contribution in [0.3, 0.4) is 0 Å². The van der Waals surface area contributed by atoms with Gasteiger partial charge in [0.05, 0.1) is 12.5 Å². The van der Waals surface area contributed by atoms with Gasteiger partial charge in [0.15, 0.2) is 5.76 Å². The van der Waals surface area contributed by atoms with Gasteiger partial charge in [-0.3, -0.25) is 10.0 Å². The lowest BCUT2D eigenvalue weighted by Crippen LogP contribution is -2.38. The van der Waals surface area contributed by atoms with E-state index in [9.17, 15) is 9.90 Å². The van der Waals surface area contributed by atoms with Crippen LogP contribution in [0.1, 0.15) is 25.3 Å². The smallest absolute Gasteiger partial charge is 0.272 e. The maximum Gasteiger partial charge on any atom is 0.272 e. The quantitative estimate of drug-likeness (QED) is 0.403. The number of aliphatic hydroxyl groups is 1. The lowest BCUT2D eigenvalue weighted by atomic mass is 9.93. The summed E-state index contributed by atoms with van der Waals surface area (Å²) < 4.78 is 11.1. The number of nitrogens with zero attached hydrogens (tertiary/aromatic N) is 1. The molecule has 3 N–H and O–H groups in total. The summed E-state index contributed by atoms with van der Waals surface area (Å²) in [5.74, 6) is 3.14. The molecule has 1 amide bonds. The number of nitrogens with one attached hydrogen (secondary N) is 1. The number of carbonyl (C=O) groups is 1. The highest BCUT2D eigenvalue weighted by Crippen LogP contribution is 2.40. The van der Waals surface area contributed by atoms with Crippen molar-refractivity contribution >= 4 is 17.7 Å². The summed E-state index contributed by atoms with van der Waals surface area (Å²) in [6.07, 6.45) is 0.851. The Morgan fingerprint density at radius 1 is 1.32 bits per heavy atom. The number of rotatable bonds is 10. The van der Waals surface area contributed by atoms with Gasteiger partial charge in [0.25, 0.3) is 5.91 Å². The van der Waals surface area contributed by atoms with Gasteiger partial charge in [-0.25, -0.2) is 5.48 Å². The first kappa shape index (κ1) is 20.8. The van der Waals surface area contributed by atoms with Gasteiger partial charge in [-0.2, -0.15) is 11.8 Å². The van der Waals surface area contributed by atoms with Crippen LogP contribution in [0, 0.1) is 5.92 Å². The van der Waals surface area contributed by atoms with Crippen molar-refractivity contribution in [1.29, 1.82) is 0 Å². The molecule has 1 saturated heterocycles. The molecule has 154 valence electrons. The zero-order valence-electron chi connectivity index (χ0n) is 16.1. The van der Waals surface area contributed by atoms with E-state index in [4.69, 9.17) is 14.7 Å². The third-order valence-corrected chi connectivity index (χ3v) is 5.93. The molecule has 0 aliphatic carbocycles. The fourth-order valence-electron chi connectivity index (χ4n) is 3.43. The topological polar surface area (TPSA) is 94.6 Å². The van der Waals surface area contributed by atoms with E-state index in [1.807, 2.05) is 43.0 Å². The normalized spacial score (nSPS) is 18.3. The molecule has 2 aliphatic heterocycles. The van der Waals surface area contributed by atoms with Crippen molar-refractivity contribution in [3.63, 3.8) is 0 Å². The summed E-state index contributed by atoms with van der Waals surface area (Å²) in [4.78, 5) is 13.9. The van der Waals surface area contributed by atoms with Crippen LogP contribution in [-0.2, 0) is 16.0 Å². The van der Waals surface area contributed by atoms with Gasteiger partial charge in [-0.15, -0.1) is 0 Å². The Labute approximate surface area is 169 Å². The number of hydrogen-bond acceptors (Lipinski definition) is 7. The molecule has 0 radical (unpaired) electrons. The minimum atomic E-state index is -1.34. The Kier molecular flexibility index (Phi) is 7.47. The number of benzene rings is 1. The zero-order chi connectivity index (χ0) is 19.9. The molecule has 1 unspecified atom stereocenters. The maximum atomic E-state index is 11.8. The highest BCUT2D eigenvalue weighted by atomic mass is 32.2. The average Bonchev–Trinajstić information content (AvgIpc) is 3.53. The Balaban J connectivity index is 1.60. The van der Waals surface area contributed by atoms with Crippen LogP contribution in [0.25, 0.3) is 0 Å². The lowest BCUT2D eigenvalue weighted by Gasteiger charge is -2.23. The Morgan fingerprint density at radius 2 is 2.04 bits per heavy atom. The SMILES string of the molecule is CCOc1ccc(CCC[C@@H](C2=C(N3CCSCC3)O2)C(O)C(=O)NO)cc1. The molecule has 8 heteroatoms. The minimum absolute atomic E-state index is 0.459. The second-order valence-corrected chi connectivity index (χ2v) is 8.09. The third kappa shape index (κ3) is 5.33. The van der Waals surface area contributed by atoms with Crippen LogP contribution >= 0.6 is 11.8 Å². The van der Waals surface area contributed by atoms with Crippen LogP contribution < -0.4 is 10.2 Å². The number of ether oxygens (including phenoxy) is 2. The van der Waals surface area contributed by atoms with E-state index in [0.717, 1.165) is 49.1 Å². The van der Waals surface area contributed by atoms with Gasteiger partial charge in [0, 0.05) is 24.6 Å². The molecule has 3 rings (SSSR count). The fraction of sp³-hybridized carbons (Fsp3) is 0.550. The van der Waals surface area contributed by atoms with Crippen molar-refractivity contribution in [2.45, 2.75) is 32.3 Å². The van der Waals surface area contributed by atoms with Crippen LogP contribution in [0.4, 0.5) is 0 Å². The summed E-state index contributed by atoms with van der Waals surface area (Å²) in [5, 5.41) is 19.3. The molecular formula is C20H28N2O5S. The van der Waals surface area contributed by atoms with E-state index in [0.29, 0.717) is 18.8 Å². The van der Waals surface area contributed by atoms with Gasteiger partial charge in [-0.1, -0.05) is 12.1 Å². The molecule has 1 aromatic rings. The third-order valence-electron chi connectivity index (χ3n) is 4.99. The molecule has 2 heterocycles. The highest BCUT2D eigenvalue weighted by Gasteiger charge is 2.42. The van der Waals surface area contributed by atoms with E-state index >= 15 is 0 Å². The predicted octanol–water partition coefficient (Wildman–Crippen LogP) is 2.14. The molecule has 0 spiro atoms. The minimum Gasteiger partial charge on any atom is -0.494 e. The summed E-state index contributed by atoms with van der Waals surface area (Å²) in [5.41, 5.74) is 2.72. The standard InChI is InChI=1S/C20H28N2O5S/c1-2-26-15-8-6-14(7-9-15)4-3-5-16(17(23)19(24)21-25)18-20(27-18)22-10-12-28-13-11-22/h6-9,16-17,23,25H,2-5,10-13H2,1H3,(H,21,24)/t16-,17?/m1/s1. The number of aryl methyl sites for hydroxylation is 1. The Morgan fingerprint density at radius 3 is 2.68 bits per heavy atom. The highest BCUT2D eigenvalue weighted by molar-refractivity contribution is 7.99. The second-order valence-electron chi connectivity index (χ2n) is 6.87. The van der Waals surface area contributed by atoms with Crippen molar-refractivity contribution in [2.24, 2.45) is 5.92 Å². The van der Waals surface area contributed by atoms with Gasteiger partial charge in [0.1, 0.15) is 11.9 Å². The van der Waals surface area contributed by atoms with Crippen molar-refractivity contribution in [1.82, 2.24) is 10.4 Å². The van der Waals surface area contributed by atoms with Gasteiger partial charge in [-0.05, 0) is 43.9 Å². The molecular weight excluding hydrogens is 380 g/mol. The van der Waals surface area contributed by atoms with E-state index in [1.54, 1.807) is 5.48 Å². The second kappa shape index (κ2) is 10.0. The van der Waals surface area contributed by atoms with E-state index in [2.05, 4.69) is 4.90 Å². The molecule has 1 fully saturated rings. The molecule has 0 saturated carbocycles. The summed E-state index contributed by atoms with van der Waals surface area (Å²) in [7, 11) is 0. The molecule has 0 bridgehead atoms. The predicted molar refractivity (Wildman–Crippen MR) is 107 cm³/mol. The van der Waals surface area contributed by atoms with Crippen molar-refractivity contribution in [2.75, 3.05) is 31.2 Å². The molecule has 0 aromatic heterocycles. The molecule has 7 nitrogen and oxygen atoms in total. The van der Waals surface area contributed by atoms with Crippen molar-refractivity contribution in [3.05, 3.63) is 41.5 Å². The number of aliphatic hydroxyl groups excluding tert-OH is 1. The van der Waals surface area contributed by atoms with Gasteiger partial charge in [0.2, 0.25) is 5.88 Å². The molecule has 28 heavy (non-hydrogen) atoms. The number of amides is 1. The van der Waals surface area contributed by atoms with E-state index < -0.39 is 17.9 Å². The van der Waals surface area contributed by atoms with E-state index in [-0.39, 0.29) is 0 Å². The summed E-state index contributed by atoms with van der Waals surface area (Å²) in [6.45, 7) is 4.40. The van der Waals surface area contributed by atoms with Crippen LogP contribution in [0.5, 0.6) is 5.75 Å². The fourth-order valence-corrected chi connectivity index (χ4v) is 4.33. The van der Waals surface area contributed by atoms with Crippen molar-refractivity contribution < 1.29 is 24.6 Å².